The molecular weight excluding hydrogens is 252 g/mol. The summed E-state index contributed by atoms with van der Waals surface area (Å²) in [5.41, 5.74) is 10.5. The molecule has 0 bridgehead atoms. The molecule has 0 saturated carbocycles. The normalized spacial score (nSPS) is 10.8. The summed E-state index contributed by atoms with van der Waals surface area (Å²) < 4.78 is 0. The van der Waals surface area contributed by atoms with Crippen LogP contribution in [-0.4, -0.2) is 15.3 Å². The van der Waals surface area contributed by atoms with Gasteiger partial charge in [-0.2, -0.15) is 5.10 Å². The number of H-pyrrole nitrogens is 1. The van der Waals surface area contributed by atoms with Gasteiger partial charge in [0.25, 0.3) is 0 Å². The molecule has 0 radical (unpaired) electrons. The minimum atomic E-state index is 0.0517. The Balaban J connectivity index is 1.80. The summed E-state index contributed by atoms with van der Waals surface area (Å²) in [6.45, 7) is 0.702. The van der Waals surface area contributed by atoms with Crippen LogP contribution in [0.3, 0.4) is 0 Å². The minimum absolute atomic E-state index is 0.0517. The monoisotopic (exact) mass is 268 g/mol. The molecule has 0 unspecified atom stereocenters. The summed E-state index contributed by atoms with van der Waals surface area (Å²) in [6, 6.07) is 11.7. The third-order valence-corrected chi connectivity index (χ3v) is 3.27. The topological polar surface area (TPSA) is 87.0 Å². The number of hydrogen-bond acceptors (Lipinski definition) is 4. The van der Waals surface area contributed by atoms with Crippen LogP contribution in [0.2, 0.25) is 0 Å². The molecule has 5 nitrogen and oxygen atoms in total. The van der Waals surface area contributed by atoms with E-state index in [0.29, 0.717) is 12.2 Å². The van der Waals surface area contributed by atoms with Crippen LogP contribution in [0.4, 0.5) is 11.4 Å². The van der Waals surface area contributed by atoms with Crippen molar-refractivity contribution < 1.29 is 5.11 Å². The zero-order valence-corrected chi connectivity index (χ0v) is 10.9. The lowest BCUT2D eigenvalue weighted by Gasteiger charge is -2.10. The second-order valence-electron chi connectivity index (χ2n) is 4.73. The van der Waals surface area contributed by atoms with Crippen LogP contribution in [0.5, 0.6) is 0 Å². The van der Waals surface area contributed by atoms with E-state index in [2.05, 4.69) is 15.5 Å². The van der Waals surface area contributed by atoms with Gasteiger partial charge >= 0.3 is 0 Å². The van der Waals surface area contributed by atoms with Gasteiger partial charge in [-0.1, -0.05) is 24.3 Å². The molecule has 0 aliphatic carbocycles. The number of aromatic nitrogens is 2. The van der Waals surface area contributed by atoms with E-state index < -0.39 is 0 Å². The Morgan fingerprint density at radius 1 is 1.20 bits per heavy atom. The summed E-state index contributed by atoms with van der Waals surface area (Å²) in [7, 11) is 0. The molecule has 5 N–H and O–H groups in total. The van der Waals surface area contributed by atoms with Crippen LogP contribution in [0.1, 0.15) is 11.1 Å². The van der Waals surface area contributed by atoms with Crippen molar-refractivity contribution >= 4 is 22.3 Å². The summed E-state index contributed by atoms with van der Waals surface area (Å²) in [5, 5.41) is 20.4. The number of fused-ring (bicyclic) bond motifs is 1. The van der Waals surface area contributed by atoms with Gasteiger partial charge in [0.15, 0.2) is 0 Å². The molecule has 1 heterocycles. The number of nitrogens with two attached hydrogens (primary N) is 1. The summed E-state index contributed by atoms with van der Waals surface area (Å²) >= 11 is 0. The average molecular weight is 268 g/mol. The van der Waals surface area contributed by atoms with Crippen molar-refractivity contribution in [2.45, 2.75) is 13.2 Å². The zero-order chi connectivity index (χ0) is 13.9. The van der Waals surface area contributed by atoms with Gasteiger partial charge in [-0.05, 0) is 23.3 Å². The SMILES string of the molecule is Nc1cc2cn[nH]c2cc1NCc1cccc(CO)c1. The fraction of sp³-hybridized carbons (Fsp3) is 0.133. The van der Waals surface area contributed by atoms with Gasteiger partial charge in [0.05, 0.1) is 29.7 Å². The van der Waals surface area contributed by atoms with E-state index in [4.69, 9.17) is 10.8 Å². The first-order chi connectivity index (χ1) is 9.76. The standard InChI is InChI=1S/C15H16N4O/c16-13-5-12-8-18-19-14(12)6-15(13)17-7-10-2-1-3-11(4-10)9-20/h1-6,8,17,20H,7,9,16H2,(H,18,19). The lowest BCUT2D eigenvalue weighted by Crippen LogP contribution is -2.03. The Morgan fingerprint density at radius 3 is 2.90 bits per heavy atom. The number of benzene rings is 2. The van der Waals surface area contributed by atoms with Gasteiger partial charge in [-0.15, -0.1) is 0 Å². The Kier molecular flexibility index (Phi) is 3.26. The molecule has 1 aromatic heterocycles. The van der Waals surface area contributed by atoms with E-state index in [1.165, 1.54) is 0 Å². The summed E-state index contributed by atoms with van der Waals surface area (Å²) in [6.07, 6.45) is 1.75. The highest BCUT2D eigenvalue weighted by atomic mass is 16.3. The molecule has 0 saturated heterocycles. The van der Waals surface area contributed by atoms with Crippen molar-refractivity contribution in [1.29, 1.82) is 0 Å². The van der Waals surface area contributed by atoms with Crippen molar-refractivity contribution in [3.05, 3.63) is 53.7 Å². The third-order valence-electron chi connectivity index (χ3n) is 3.27. The van der Waals surface area contributed by atoms with Crippen LogP contribution >= 0.6 is 0 Å². The third kappa shape index (κ3) is 2.44. The van der Waals surface area contributed by atoms with Crippen LogP contribution in [0, 0.1) is 0 Å². The predicted octanol–water partition coefficient (Wildman–Crippen LogP) is 2.25. The molecule has 20 heavy (non-hydrogen) atoms. The Bertz CT molecular complexity index is 736. The number of hydrogen-bond donors (Lipinski definition) is 4. The average Bonchev–Trinajstić information content (AvgIpc) is 2.92. The van der Waals surface area contributed by atoms with Crippen LogP contribution in [0.15, 0.2) is 42.6 Å². The Hall–Kier alpha value is -2.53. The molecule has 5 heteroatoms. The fourth-order valence-electron chi connectivity index (χ4n) is 2.20. The van der Waals surface area contributed by atoms with Gasteiger partial charge in [0.1, 0.15) is 0 Å². The van der Waals surface area contributed by atoms with Gasteiger partial charge in [-0.25, -0.2) is 0 Å². The van der Waals surface area contributed by atoms with Crippen LogP contribution in [0.25, 0.3) is 10.9 Å². The maximum Gasteiger partial charge on any atom is 0.0681 e. The molecular formula is C15H16N4O. The highest BCUT2D eigenvalue weighted by molar-refractivity contribution is 5.88. The molecule has 102 valence electrons. The minimum Gasteiger partial charge on any atom is -0.397 e. The summed E-state index contributed by atoms with van der Waals surface area (Å²) in [5.74, 6) is 0. The van der Waals surface area contributed by atoms with Crippen LogP contribution in [-0.2, 0) is 13.2 Å². The quantitative estimate of drug-likeness (QED) is 0.547. The number of aliphatic hydroxyl groups excluding tert-OH is 1. The maximum atomic E-state index is 9.13. The Morgan fingerprint density at radius 2 is 2.05 bits per heavy atom. The molecule has 0 aliphatic heterocycles. The number of nitrogen functional groups attached to an aromatic ring is 1. The molecule has 3 rings (SSSR count). The smallest absolute Gasteiger partial charge is 0.0681 e. The second-order valence-corrected chi connectivity index (χ2v) is 4.73. The van der Waals surface area contributed by atoms with Crippen LogP contribution < -0.4 is 11.1 Å². The van der Waals surface area contributed by atoms with Gasteiger partial charge in [0.2, 0.25) is 0 Å². The lowest BCUT2D eigenvalue weighted by atomic mass is 10.1. The fourth-order valence-corrected chi connectivity index (χ4v) is 2.20. The van der Waals surface area contributed by atoms with E-state index >= 15 is 0 Å². The first kappa shape index (κ1) is 12.5. The highest BCUT2D eigenvalue weighted by Gasteiger charge is 2.04. The molecule has 0 aliphatic rings. The van der Waals surface area contributed by atoms with E-state index in [0.717, 1.165) is 27.7 Å². The zero-order valence-electron chi connectivity index (χ0n) is 10.9. The van der Waals surface area contributed by atoms with Gasteiger partial charge in [-0.3, -0.25) is 5.10 Å². The molecule has 0 atom stereocenters. The number of aliphatic hydroxyl groups is 1. The number of nitrogens with one attached hydrogen (secondary N) is 2. The second kappa shape index (κ2) is 5.22. The van der Waals surface area contributed by atoms with Gasteiger partial charge in [0, 0.05) is 11.9 Å². The van der Waals surface area contributed by atoms with Crippen molar-refractivity contribution in [3.63, 3.8) is 0 Å². The molecule has 2 aromatic carbocycles. The highest BCUT2D eigenvalue weighted by Crippen LogP contribution is 2.25. The van der Waals surface area contributed by atoms with Gasteiger partial charge < -0.3 is 16.2 Å². The van der Waals surface area contributed by atoms with E-state index in [1.807, 2.05) is 36.4 Å². The first-order valence-corrected chi connectivity index (χ1v) is 6.41. The molecule has 3 aromatic rings. The van der Waals surface area contributed by atoms with E-state index in [1.54, 1.807) is 6.20 Å². The lowest BCUT2D eigenvalue weighted by molar-refractivity contribution is 0.281. The number of anilines is 2. The number of nitrogens with zero attached hydrogens (tertiary/aromatic N) is 1. The summed E-state index contributed by atoms with van der Waals surface area (Å²) in [4.78, 5) is 0. The maximum absolute atomic E-state index is 9.13. The number of aromatic amines is 1. The van der Waals surface area contributed by atoms with E-state index in [9.17, 15) is 0 Å². The van der Waals surface area contributed by atoms with Crippen molar-refractivity contribution in [2.24, 2.45) is 0 Å². The predicted molar refractivity (Wildman–Crippen MR) is 80.2 cm³/mol. The molecule has 0 fully saturated rings. The first-order valence-electron chi connectivity index (χ1n) is 6.41. The van der Waals surface area contributed by atoms with Crippen molar-refractivity contribution in [2.75, 3.05) is 11.1 Å². The number of rotatable bonds is 4. The Labute approximate surface area is 116 Å². The molecule has 0 spiro atoms. The van der Waals surface area contributed by atoms with Crippen molar-refractivity contribution in [1.82, 2.24) is 10.2 Å². The van der Waals surface area contributed by atoms with Crippen molar-refractivity contribution in [3.8, 4) is 0 Å². The van der Waals surface area contributed by atoms with E-state index in [-0.39, 0.29) is 6.61 Å². The molecule has 0 amide bonds. The largest absolute Gasteiger partial charge is 0.397 e.